The lowest BCUT2D eigenvalue weighted by Crippen LogP contribution is -2.28. The highest BCUT2D eigenvalue weighted by Crippen LogP contribution is 2.28. The Labute approximate surface area is 79.6 Å². The van der Waals surface area contributed by atoms with Gasteiger partial charge in [-0.3, -0.25) is 0 Å². The molecule has 3 nitrogen and oxygen atoms in total. The van der Waals surface area contributed by atoms with Crippen molar-refractivity contribution in [2.45, 2.75) is 44.2 Å². The lowest BCUT2D eigenvalue weighted by Gasteiger charge is -2.28. The van der Waals surface area contributed by atoms with Gasteiger partial charge in [-0.15, -0.1) is 0 Å². The third-order valence-corrected chi connectivity index (χ3v) is 2.91. The molecule has 0 aromatic carbocycles. The molecule has 1 saturated carbocycles. The van der Waals surface area contributed by atoms with Gasteiger partial charge in [0.25, 0.3) is 0 Å². The molecule has 0 amide bonds. The van der Waals surface area contributed by atoms with Crippen LogP contribution in [0.3, 0.4) is 0 Å². The van der Waals surface area contributed by atoms with E-state index in [0.29, 0.717) is 12.0 Å². The molecule has 76 valence electrons. The fourth-order valence-electron chi connectivity index (χ4n) is 2.04. The number of carbonyl (C=O) groups is 1. The van der Waals surface area contributed by atoms with Gasteiger partial charge in [0.05, 0.1) is 12.1 Å². The summed E-state index contributed by atoms with van der Waals surface area (Å²) in [6, 6.07) is -0.260. The molecule has 1 fully saturated rings. The second kappa shape index (κ2) is 5.35. The predicted octanol–water partition coefficient (Wildman–Crippen LogP) is 1.11. The molecule has 13 heavy (non-hydrogen) atoms. The molecule has 1 rings (SSSR count). The summed E-state index contributed by atoms with van der Waals surface area (Å²) < 4.78 is 5.27. The number of ether oxygens (including phenoxy) is 1. The van der Waals surface area contributed by atoms with E-state index >= 15 is 0 Å². The van der Waals surface area contributed by atoms with Crippen LogP contribution in [-0.2, 0) is 9.53 Å². The van der Waals surface area contributed by atoms with E-state index < -0.39 is 0 Å². The first-order valence-corrected chi connectivity index (χ1v) is 5.00. The second-order valence-electron chi connectivity index (χ2n) is 3.91. The molecule has 0 saturated heterocycles. The number of aldehydes is 1. The summed E-state index contributed by atoms with van der Waals surface area (Å²) in [5.41, 5.74) is 5.57. The molecule has 3 heteroatoms. The van der Waals surface area contributed by atoms with E-state index in [4.69, 9.17) is 10.5 Å². The molecule has 1 aliphatic rings. The van der Waals surface area contributed by atoms with Crippen molar-refractivity contribution in [2.75, 3.05) is 7.11 Å². The largest absolute Gasteiger partial charge is 0.381 e. The topological polar surface area (TPSA) is 52.3 Å². The molecule has 0 aromatic rings. The molecular weight excluding hydrogens is 166 g/mol. The van der Waals surface area contributed by atoms with E-state index in [-0.39, 0.29) is 6.04 Å². The smallest absolute Gasteiger partial charge is 0.136 e. The summed E-state index contributed by atoms with van der Waals surface area (Å²) >= 11 is 0. The van der Waals surface area contributed by atoms with Gasteiger partial charge in [-0.05, 0) is 38.0 Å². The van der Waals surface area contributed by atoms with Crippen LogP contribution < -0.4 is 5.73 Å². The molecule has 1 atom stereocenters. The lowest BCUT2D eigenvalue weighted by molar-refractivity contribution is -0.109. The van der Waals surface area contributed by atoms with Crippen molar-refractivity contribution < 1.29 is 9.53 Å². The van der Waals surface area contributed by atoms with E-state index in [1.807, 2.05) is 0 Å². The molecule has 0 unspecified atom stereocenters. The van der Waals surface area contributed by atoms with E-state index in [2.05, 4.69) is 0 Å². The molecular formula is C10H19NO2. The van der Waals surface area contributed by atoms with Gasteiger partial charge >= 0.3 is 0 Å². The zero-order chi connectivity index (χ0) is 9.68. The average molecular weight is 185 g/mol. The average Bonchev–Trinajstić information content (AvgIpc) is 2.19. The number of hydrogen-bond donors (Lipinski definition) is 1. The highest BCUT2D eigenvalue weighted by Gasteiger charge is 2.22. The zero-order valence-electron chi connectivity index (χ0n) is 8.24. The van der Waals surface area contributed by atoms with Crippen LogP contribution in [-0.4, -0.2) is 25.5 Å². The summed E-state index contributed by atoms with van der Waals surface area (Å²) in [6.45, 7) is 0. The quantitative estimate of drug-likeness (QED) is 0.667. The van der Waals surface area contributed by atoms with Gasteiger partial charge in [0.15, 0.2) is 0 Å². The van der Waals surface area contributed by atoms with Gasteiger partial charge in [0.1, 0.15) is 6.29 Å². The molecule has 0 heterocycles. The van der Waals surface area contributed by atoms with Crippen LogP contribution in [0.2, 0.25) is 0 Å². The Hall–Kier alpha value is -0.410. The van der Waals surface area contributed by atoms with E-state index in [1.54, 1.807) is 7.11 Å². The van der Waals surface area contributed by atoms with Crippen LogP contribution in [0.4, 0.5) is 0 Å². The first-order valence-electron chi connectivity index (χ1n) is 5.00. The van der Waals surface area contributed by atoms with Gasteiger partial charge in [-0.2, -0.15) is 0 Å². The van der Waals surface area contributed by atoms with Crippen molar-refractivity contribution >= 4 is 6.29 Å². The van der Waals surface area contributed by atoms with Crippen LogP contribution >= 0.6 is 0 Å². The summed E-state index contributed by atoms with van der Waals surface area (Å²) in [5, 5.41) is 0. The molecule has 0 radical (unpaired) electrons. The molecule has 0 bridgehead atoms. The standard InChI is InChI=1S/C10H19NO2/c1-13-10-4-2-8(3-5-10)6-9(11)7-12/h7-10H,2-6,11H2,1H3/t8?,9-,10?/m1/s1. The minimum Gasteiger partial charge on any atom is -0.381 e. The van der Waals surface area contributed by atoms with Gasteiger partial charge in [0, 0.05) is 7.11 Å². The Morgan fingerprint density at radius 1 is 1.46 bits per heavy atom. The summed E-state index contributed by atoms with van der Waals surface area (Å²) in [6.07, 6.45) is 6.67. The first kappa shape index (κ1) is 10.7. The van der Waals surface area contributed by atoms with Crippen molar-refractivity contribution in [1.82, 2.24) is 0 Å². The van der Waals surface area contributed by atoms with Crippen molar-refractivity contribution in [3.05, 3.63) is 0 Å². The Bertz CT molecular complexity index is 153. The summed E-state index contributed by atoms with van der Waals surface area (Å²) in [4.78, 5) is 10.3. The second-order valence-corrected chi connectivity index (χ2v) is 3.91. The van der Waals surface area contributed by atoms with Crippen molar-refractivity contribution in [3.63, 3.8) is 0 Å². The fourth-order valence-corrected chi connectivity index (χ4v) is 2.04. The number of rotatable bonds is 4. The van der Waals surface area contributed by atoms with Crippen molar-refractivity contribution in [1.29, 1.82) is 0 Å². The van der Waals surface area contributed by atoms with Crippen molar-refractivity contribution in [2.24, 2.45) is 11.7 Å². The Kier molecular flexibility index (Phi) is 4.39. The van der Waals surface area contributed by atoms with Crippen LogP contribution in [0, 0.1) is 5.92 Å². The third-order valence-electron chi connectivity index (χ3n) is 2.91. The SMILES string of the molecule is COC1CCC(C[C@@H](N)C=O)CC1. The third kappa shape index (κ3) is 3.44. The molecule has 1 aliphatic carbocycles. The molecule has 0 aliphatic heterocycles. The van der Waals surface area contributed by atoms with Crippen LogP contribution in [0.5, 0.6) is 0 Å². The summed E-state index contributed by atoms with van der Waals surface area (Å²) in [7, 11) is 1.77. The van der Waals surface area contributed by atoms with Crippen LogP contribution in [0.1, 0.15) is 32.1 Å². The fraction of sp³-hybridized carbons (Fsp3) is 0.900. The van der Waals surface area contributed by atoms with Gasteiger partial charge in [0.2, 0.25) is 0 Å². The number of methoxy groups -OCH3 is 1. The Morgan fingerprint density at radius 3 is 2.54 bits per heavy atom. The van der Waals surface area contributed by atoms with Crippen LogP contribution in [0.15, 0.2) is 0 Å². The number of hydrogen-bond acceptors (Lipinski definition) is 3. The van der Waals surface area contributed by atoms with Gasteiger partial charge in [-0.25, -0.2) is 0 Å². The normalized spacial score (nSPS) is 31.2. The maximum absolute atomic E-state index is 10.3. The zero-order valence-corrected chi connectivity index (χ0v) is 8.24. The highest BCUT2D eigenvalue weighted by molar-refractivity contribution is 5.56. The van der Waals surface area contributed by atoms with Crippen molar-refractivity contribution in [3.8, 4) is 0 Å². The first-order chi connectivity index (χ1) is 6.26. The number of carbonyl (C=O) groups excluding carboxylic acids is 1. The minimum atomic E-state index is -0.260. The lowest BCUT2D eigenvalue weighted by atomic mass is 9.84. The molecule has 2 N–H and O–H groups in total. The minimum absolute atomic E-state index is 0.260. The molecule has 0 spiro atoms. The Morgan fingerprint density at radius 2 is 2.08 bits per heavy atom. The Balaban J connectivity index is 2.21. The highest BCUT2D eigenvalue weighted by atomic mass is 16.5. The maximum atomic E-state index is 10.3. The predicted molar refractivity (Wildman–Crippen MR) is 51.4 cm³/mol. The number of nitrogens with two attached hydrogens (primary N) is 1. The van der Waals surface area contributed by atoms with E-state index in [1.165, 1.54) is 0 Å². The van der Waals surface area contributed by atoms with E-state index in [9.17, 15) is 4.79 Å². The van der Waals surface area contributed by atoms with E-state index in [0.717, 1.165) is 38.4 Å². The maximum Gasteiger partial charge on any atom is 0.136 e. The monoisotopic (exact) mass is 185 g/mol. The molecule has 0 aromatic heterocycles. The van der Waals surface area contributed by atoms with Gasteiger partial charge in [-0.1, -0.05) is 0 Å². The van der Waals surface area contributed by atoms with Crippen LogP contribution in [0.25, 0.3) is 0 Å². The van der Waals surface area contributed by atoms with Gasteiger partial charge < -0.3 is 15.3 Å². The summed E-state index contributed by atoms with van der Waals surface area (Å²) in [5.74, 6) is 0.631.